The first-order valence-corrected chi connectivity index (χ1v) is 6.31. The van der Waals surface area contributed by atoms with Gasteiger partial charge in [0.15, 0.2) is 11.9 Å². The van der Waals surface area contributed by atoms with E-state index in [9.17, 15) is 25.2 Å². The lowest BCUT2D eigenvalue weighted by atomic mass is 9.99. The monoisotopic (exact) mass is 289 g/mol. The molecule has 114 valence electrons. The number of amides is 1. The molecule has 0 aromatic rings. The molecule has 2 rings (SSSR count). The van der Waals surface area contributed by atoms with Gasteiger partial charge in [0.05, 0.1) is 12.2 Å². The number of aliphatic hydroxyl groups is 4. The van der Waals surface area contributed by atoms with E-state index >= 15 is 0 Å². The van der Waals surface area contributed by atoms with E-state index in [1.54, 1.807) is 0 Å². The van der Waals surface area contributed by atoms with Crippen molar-refractivity contribution < 1.29 is 34.7 Å². The van der Waals surface area contributed by atoms with Crippen molar-refractivity contribution in [2.75, 3.05) is 0 Å². The summed E-state index contributed by atoms with van der Waals surface area (Å²) in [6, 6.07) is 0. The molecule has 0 aromatic heterocycles. The standard InChI is InChI=1S/C12H19NO7/c1-5-7(14)8(15)9(16)10(19-5)20-6-2-3-12(18,4-6)11(13)17/h2-3,5-10,14-16,18H,4H2,1H3,(H2,13,17)/t5-,6+,7+,8-,9-,10+,12-/m1/s1. The largest absolute Gasteiger partial charge is 0.388 e. The summed E-state index contributed by atoms with van der Waals surface area (Å²) < 4.78 is 10.7. The fourth-order valence-electron chi connectivity index (χ4n) is 2.28. The average molecular weight is 289 g/mol. The van der Waals surface area contributed by atoms with Crippen LogP contribution in [0.4, 0.5) is 0 Å². The van der Waals surface area contributed by atoms with Crippen molar-refractivity contribution in [3.8, 4) is 0 Å². The summed E-state index contributed by atoms with van der Waals surface area (Å²) in [5, 5.41) is 38.8. The van der Waals surface area contributed by atoms with Gasteiger partial charge < -0.3 is 35.6 Å². The third-order valence-electron chi connectivity index (χ3n) is 3.64. The molecule has 20 heavy (non-hydrogen) atoms. The second kappa shape index (κ2) is 5.40. The Labute approximate surface area is 115 Å². The highest BCUT2D eigenvalue weighted by atomic mass is 16.7. The quantitative estimate of drug-likeness (QED) is 0.358. The van der Waals surface area contributed by atoms with Gasteiger partial charge in [-0.05, 0) is 13.0 Å². The zero-order valence-corrected chi connectivity index (χ0v) is 10.9. The summed E-state index contributed by atoms with van der Waals surface area (Å²) in [7, 11) is 0. The molecule has 1 aliphatic carbocycles. The Bertz CT molecular complexity index is 415. The van der Waals surface area contributed by atoms with Crippen molar-refractivity contribution >= 4 is 5.91 Å². The van der Waals surface area contributed by atoms with Gasteiger partial charge in [-0.25, -0.2) is 0 Å². The van der Waals surface area contributed by atoms with E-state index in [-0.39, 0.29) is 6.42 Å². The van der Waals surface area contributed by atoms with Gasteiger partial charge in [0.1, 0.15) is 18.3 Å². The van der Waals surface area contributed by atoms with Crippen LogP contribution in [0.1, 0.15) is 13.3 Å². The molecule has 8 nitrogen and oxygen atoms in total. The summed E-state index contributed by atoms with van der Waals surface area (Å²) in [5.41, 5.74) is 3.28. The van der Waals surface area contributed by atoms with E-state index in [4.69, 9.17) is 15.2 Å². The van der Waals surface area contributed by atoms with Gasteiger partial charge in [0.25, 0.3) is 5.91 Å². The van der Waals surface area contributed by atoms with Gasteiger partial charge in [0.2, 0.25) is 0 Å². The Morgan fingerprint density at radius 1 is 1.35 bits per heavy atom. The second-order valence-electron chi connectivity index (χ2n) is 5.21. The molecule has 1 aliphatic heterocycles. The SMILES string of the molecule is C[C@H]1O[C@@H](O[C@H]2C=C[C@](O)(C(N)=O)C2)[C@H](O)[C@H](O)[C@H]1O. The molecular formula is C12H19NO7. The number of nitrogens with two attached hydrogens (primary N) is 1. The van der Waals surface area contributed by atoms with Crippen LogP contribution in [0.15, 0.2) is 12.2 Å². The molecule has 1 heterocycles. The van der Waals surface area contributed by atoms with E-state index in [1.165, 1.54) is 19.1 Å². The normalized spacial score (nSPS) is 48.5. The highest BCUT2D eigenvalue weighted by Crippen LogP contribution is 2.29. The smallest absolute Gasteiger partial charge is 0.253 e. The Morgan fingerprint density at radius 2 is 2.00 bits per heavy atom. The minimum Gasteiger partial charge on any atom is -0.388 e. The van der Waals surface area contributed by atoms with Gasteiger partial charge in [-0.1, -0.05) is 6.08 Å². The molecule has 7 atom stereocenters. The van der Waals surface area contributed by atoms with Gasteiger partial charge in [-0.15, -0.1) is 0 Å². The first kappa shape index (κ1) is 15.4. The topological polar surface area (TPSA) is 142 Å². The molecule has 1 saturated heterocycles. The summed E-state index contributed by atoms with van der Waals surface area (Å²) in [6.45, 7) is 1.53. The van der Waals surface area contributed by atoms with E-state index < -0.39 is 48.3 Å². The first-order valence-electron chi connectivity index (χ1n) is 6.31. The lowest BCUT2D eigenvalue weighted by Crippen LogP contribution is -2.58. The zero-order valence-electron chi connectivity index (χ0n) is 10.9. The van der Waals surface area contributed by atoms with Crippen molar-refractivity contribution in [3.05, 3.63) is 12.2 Å². The fourth-order valence-corrected chi connectivity index (χ4v) is 2.28. The predicted octanol–water partition coefficient (Wildman–Crippen LogP) is -2.62. The number of ether oxygens (including phenoxy) is 2. The van der Waals surface area contributed by atoms with Gasteiger partial charge in [0, 0.05) is 6.42 Å². The Morgan fingerprint density at radius 3 is 2.55 bits per heavy atom. The van der Waals surface area contributed by atoms with Crippen LogP contribution in [0.5, 0.6) is 0 Å². The Balaban J connectivity index is 1.98. The minimum atomic E-state index is -1.78. The highest BCUT2D eigenvalue weighted by Gasteiger charge is 2.45. The third-order valence-corrected chi connectivity index (χ3v) is 3.64. The molecule has 0 unspecified atom stereocenters. The number of primary amides is 1. The maximum Gasteiger partial charge on any atom is 0.253 e. The summed E-state index contributed by atoms with van der Waals surface area (Å²) in [5.74, 6) is -0.895. The molecule has 0 saturated carbocycles. The summed E-state index contributed by atoms with van der Waals surface area (Å²) in [4.78, 5) is 11.1. The maximum absolute atomic E-state index is 11.1. The molecule has 2 aliphatic rings. The van der Waals surface area contributed by atoms with Crippen molar-refractivity contribution in [1.82, 2.24) is 0 Å². The van der Waals surface area contributed by atoms with E-state index in [0.717, 1.165) is 0 Å². The Hall–Kier alpha value is -1.03. The molecular weight excluding hydrogens is 270 g/mol. The molecule has 0 aromatic carbocycles. The zero-order chi connectivity index (χ0) is 15.1. The number of hydrogen-bond donors (Lipinski definition) is 5. The highest BCUT2D eigenvalue weighted by molar-refractivity contribution is 5.86. The third kappa shape index (κ3) is 2.71. The van der Waals surface area contributed by atoms with Crippen molar-refractivity contribution in [1.29, 1.82) is 0 Å². The molecule has 0 spiro atoms. The summed E-state index contributed by atoms with van der Waals surface area (Å²) in [6.07, 6.45) is -4.07. The van der Waals surface area contributed by atoms with Gasteiger partial charge >= 0.3 is 0 Å². The van der Waals surface area contributed by atoms with Crippen LogP contribution < -0.4 is 5.73 Å². The summed E-state index contributed by atoms with van der Waals surface area (Å²) >= 11 is 0. The average Bonchev–Trinajstić information content (AvgIpc) is 2.76. The molecule has 1 amide bonds. The molecule has 8 heteroatoms. The van der Waals surface area contributed by atoms with Crippen LogP contribution >= 0.6 is 0 Å². The van der Waals surface area contributed by atoms with Crippen molar-refractivity contribution in [3.63, 3.8) is 0 Å². The lowest BCUT2D eigenvalue weighted by Gasteiger charge is -2.39. The fraction of sp³-hybridized carbons (Fsp3) is 0.750. The molecule has 0 bridgehead atoms. The molecule has 6 N–H and O–H groups in total. The lowest BCUT2D eigenvalue weighted by molar-refractivity contribution is -0.300. The van der Waals surface area contributed by atoms with Gasteiger partial charge in [-0.2, -0.15) is 0 Å². The van der Waals surface area contributed by atoms with Crippen LogP contribution in [0.25, 0.3) is 0 Å². The number of hydrogen-bond acceptors (Lipinski definition) is 7. The van der Waals surface area contributed by atoms with E-state index in [0.29, 0.717) is 0 Å². The van der Waals surface area contributed by atoms with E-state index in [2.05, 4.69) is 0 Å². The maximum atomic E-state index is 11.1. The molecule has 1 fully saturated rings. The van der Waals surface area contributed by atoms with Crippen molar-refractivity contribution in [2.24, 2.45) is 5.73 Å². The van der Waals surface area contributed by atoms with Crippen LogP contribution in [0, 0.1) is 0 Å². The number of carbonyl (C=O) groups is 1. The van der Waals surface area contributed by atoms with Crippen LogP contribution in [-0.4, -0.2) is 68.7 Å². The van der Waals surface area contributed by atoms with E-state index in [1.807, 2.05) is 0 Å². The van der Waals surface area contributed by atoms with Gasteiger partial charge in [-0.3, -0.25) is 4.79 Å². The predicted molar refractivity (Wildman–Crippen MR) is 65.1 cm³/mol. The minimum absolute atomic E-state index is 0.0953. The number of aliphatic hydroxyl groups excluding tert-OH is 3. The first-order chi connectivity index (χ1) is 9.24. The number of rotatable bonds is 3. The molecule has 0 radical (unpaired) electrons. The van der Waals surface area contributed by atoms with Crippen LogP contribution in [-0.2, 0) is 14.3 Å². The number of carbonyl (C=O) groups excluding carboxylic acids is 1. The Kier molecular flexibility index (Phi) is 4.14. The van der Waals surface area contributed by atoms with Crippen LogP contribution in [0.3, 0.4) is 0 Å². The second-order valence-corrected chi connectivity index (χ2v) is 5.21. The van der Waals surface area contributed by atoms with Crippen molar-refractivity contribution in [2.45, 2.75) is 55.8 Å². The van der Waals surface area contributed by atoms with Crippen LogP contribution in [0.2, 0.25) is 0 Å².